The average molecular weight is 314 g/mol. The molecule has 2 N–H and O–H groups in total. The number of hydrogen-bond acceptors (Lipinski definition) is 4. The van der Waals surface area contributed by atoms with Gasteiger partial charge in [-0.25, -0.2) is 0 Å². The van der Waals surface area contributed by atoms with Gasteiger partial charge >= 0.3 is 0 Å². The van der Waals surface area contributed by atoms with Crippen LogP contribution in [0.3, 0.4) is 0 Å². The molecule has 1 aromatic carbocycles. The lowest BCUT2D eigenvalue weighted by Crippen LogP contribution is -2.32. The Labute approximate surface area is 133 Å². The molecule has 0 saturated carbocycles. The minimum atomic E-state index is -0.378. The molecule has 1 heterocycles. The van der Waals surface area contributed by atoms with E-state index in [1.165, 1.54) is 25.3 Å². The first-order valence-corrected chi connectivity index (χ1v) is 6.90. The molecule has 0 unspecified atom stereocenters. The van der Waals surface area contributed by atoms with Crippen molar-refractivity contribution in [2.24, 2.45) is 0 Å². The summed E-state index contributed by atoms with van der Waals surface area (Å²) in [5.41, 5.74) is 1.20. The first-order valence-electron chi connectivity index (χ1n) is 6.49. The molecule has 0 spiro atoms. The van der Waals surface area contributed by atoms with E-state index in [-0.39, 0.29) is 16.8 Å². The summed E-state index contributed by atoms with van der Waals surface area (Å²) >= 11 is 5.05. The molecule has 22 heavy (non-hydrogen) atoms. The van der Waals surface area contributed by atoms with Crippen molar-refractivity contribution in [3.05, 3.63) is 60.1 Å². The normalized spacial score (nSPS) is 10.4. The number of carbonyl (C=O) groups excluding carboxylic acids is 2. The molecule has 0 atom stereocenters. The minimum Gasteiger partial charge on any atom is -0.465 e. The summed E-state index contributed by atoms with van der Waals surface area (Å²) in [7, 11) is 0. The number of furan rings is 1. The summed E-state index contributed by atoms with van der Waals surface area (Å²) in [6, 6.07) is 10.3. The van der Waals surface area contributed by atoms with E-state index in [0.29, 0.717) is 17.0 Å². The van der Waals surface area contributed by atoms with Gasteiger partial charge in [-0.15, -0.1) is 0 Å². The van der Waals surface area contributed by atoms with Crippen molar-refractivity contribution in [1.82, 2.24) is 5.32 Å². The second-order valence-electron chi connectivity index (χ2n) is 4.43. The molecule has 6 heteroatoms. The lowest BCUT2D eigenvalue weighted by molar-refractivity contribution is -0.115. The van der Waals surface area contributed by atoms with Gasteiger partial charge in [0.15, 0.2) is 10.9 Å². The predicted molar refractivity (Wildman–Crippen MR) is 88.6 cm³/mol. The van der Waals surface area contributed by atoms with Crippen LogP contribution in [0.2, 0.25) is 0 Å². The number of rotatable bonds is 4. The molecule has 1 amide bonds. The Hall–Kier alpha value is -2.73. The SMILES string of the molecule is CC(=O)c1cccc(NC(=S)NC(=O)/C=C/c2ccco2)c1. The number of thiocarbonyl (C=S) groups is 1. The van der Waals surface area contributed by atoms with Crippen LogP contribution in [0.5, 0.6) is 0 Å². The monoisotopic (exact) mass is 314 g/mol. The second-order valence-corrected chi connectivity index (χ2v) is 4.84. The highest BCUT2D eigenvalue weighted by atomic mass is 32.1. The zero-order chi connectivity index (χ0) is 15.9. The molecule has 0 aliphatic rings. The van der Waals surface area contributed by atoms with Gasteiger partial charge in [0.2, 0.25) is 5.91 Å². The van der Waals surface area contributed by atoms with Crippen LogP contribution in [-0.4, -0.2) is 16.8 Å². The zero-order valence-electron chi connectivity index (χ0n) is 11.8. The quantitative estimate of drug-likeness (QED) is 0.516. The Morgan fingerprint density at radius 3 is 2.73 bits per heavy atom. The molecular weight excluding hydrogens is 300 g/mol. The van der Waals surface area contributed by atoms with Crippen LogP contribution in [-0.2, 0) is 4.79 Å². The fourth-order valence-corrected chi connectivity index (χ4v) is 1.89. The van der Waals surface area contributed by atoms with Crippen molar-refractivity contribution in [2.45, 2.75) is 6.92 Å². The number of Topliss-reactive ketones (excluding diaryl/α,β-unsaturated/α-hetero) is 1. The highest BCUT2D eigenvalue weighted by Gasteiger charge is 2.04. The first-order chi connectivity index (χ1) is 10.5. The van der Waals surface area contributed by atoms with Crippen molar-refractivity contribution in [3.63, 3.8) is 0 Å². The van der Waals surface area contributed by atoms with Crippen LogP contribution in [0.25, 0.3) is 6.08 Å². The molecule has 5 nitrogen and oxygen atoms in total. The number of benzene rings is 1. The molecule has 0 fully saturated rings. The predicted octanol–water partition coefficient (Wildman–Crippen LogP) is 3.01. The largest absolute Gasteiger partial charge is 0.465 e. The number of carbonyl (C=O) groups is 2. The lowest BCUT2D eigenvalue weighted by atomic mass is 10.1. The summed E-state index contributed by atoms with van der Waals surface area (Å²) in [5, 5.41) is 5.51. The van der Waals surface area contributed by atoms with E-state index in [2.05, 4.69) is 10.6 Å². The summed E-state index contributed by atoms with van der Waals surface area (Å²) in [5.74, 6) is 0.153. The molecular formula is C16H14N2O3S. The number of nitrogens with one attached hydrogen (secondary N) is 2. The fourth-order valence-electron chi connectivity index (χ4n) is 1.68. The average Bonchev–Trinajstić information content (AvgIpc) is 2.98. The maximum absolute atomic E-state index is 11.7. The maximum Gasteiger partial charge on any atom is 0.250 e. The molecule has 0 saturated heterocycles. The number of hydrogen-bond donors (Lipinski definition) is 2. The van der Waals surface area contributed by atoms with E-state index >= 15 is 0 Å². The van der Waals surface area contributed by atoms with Gasteiger partial charge in [-0.05, 0) is 49.5 Å². The van der Waals surface area contributed by atoms with E-state index in [1.807, 2.05) is 0 Å². The molecule has 1 aromatic heterocycles. The van der Waals surface area contributed by atoms with Crippen molar-refractivity contribution in [2.75, 3.05) is 5.32 Å². The summed E-state index contributed by atoms with van der Waals surface area (Å²) in [4.78, 5) is 23.0. The number of amides is 1. The van der Waals surface area contributed by atoms with Gasteiger partial charge in [0.1, 0.15) is 5.76 Å². The lowest BCUT2D eigenvalue weighted by Gasteiger charge is -2.08. The van der Waals surface area contributed by atoms with Gasteiger partial charge in [-0.1, -0.05) is 12.1 Å². The fraction of sp³-hybridized carbons (Fsp3) is 0.0625. The van der Waals surface area contributed by atoms with Gasteiger partial charge < -0.3 is 9.73 Å². The van der Waals surface area contributed by atoms with E-state index in [0.717, 1.165) is 0 Å². The molecule has 0 aliphatic carbocycles. The van der Waals surface area contributed by atoms with Gasteiger partial charge in [0, 0.05) is 17.3 Å². The third-order valence-corrected chi connectivity index (χ3v) is 2.91. The Morgan fingerprint density at radius 2 is 2.05 bits per heavy atom. The van der Waals surface area contributed by atoms with Crippen LogP contribution < -0.4 is 10.6 Å². The van der Waals surface area contributed by atoms with Crippen molar-refractivity contribution >= 4 is 40.8 Å². The summed E-state index contributed by atoms with van der Waals surface area (Å²) in [6.07, 6.45) is 4.37. The van der Waals surface area contributed by atoms with Crippen LogP contribution in [0.15, 0.2) is 53.2 Å². The van der Waals surface area contributed by atoms with Crippen LogP contribution in [0, 0.1) is 0 Å². The summed E-state index contributed by atoms with van der Waals surface area (Å²) in [6.45, 7) is 1.48. The van der Waals surface area contributed by atoms with Crippen molar-refractivity contribution < 1.29 is 14.0 Å². The second kappa shape index (κ2) is 7.33. The molecule has 0 bridgehead atoms. The standard InChI is InChI=1S/C16H14N2O3S/c1-11(19)12-4-2-5-13(10-12)17-16(22)18-15(20)8-7-14-6-3-9-21-14/h2-10H,1H3,(H2,17,18,20,22)/b8-7+. The molecule has 112 valence electrons. The third kappa shape index (κ3) is 4.68. The molecule has 0 radical (unpaired) electrons. The highest BCUT2D eigenvalue weighted by Crippen LogP contribution is 2.11. The molecule has 2 aromatic rings. The van der Waals surface area contributed by atoms with E-state index in [9.17, 15) is 9.59 Å². The molecule has 2 rings (SSSR count). The van der Waals surface area contributed by atoms with Gasteiger partial charge in [0.05, 0.1) is 6.26 Å². The van der Waals surface area contributed by atoms with Crippen LogP contribution in [0.4, 0.5) is 5.69 Å². The number of anilines is 1. The minimum absolute atomic E-state index is 0.0417. The van der Waals surface area contributed by atoms with Crippen LogP contribution in [0.1, 0.15) is 23.0 Å². The van der Waals surface area contributed by atoms with E-state index in [4.69, 9.17) is 16.6 Å². The first kappa shape index (κ1) is 15.7. The highest BCUT2D eigenvalue weighted by molar-refractivity contribution is 7.80. The van der Waals surface area contributed by atoms with Crippen molar-refractivity contribution in [3.8, 4) is 0 Å². The third-order valence-electron chi connectivity index (χ3n) is 2.71. The topological polar surface area (TPSA) is 71.3 Å². The Bertz CT molecular complexity index is 721. The summed E-state index contributed by atoms with van der Waals surface area (Å²) < 4.78 is 5.07. The van der Waals surface area contributed by atoms with Gasteiger partial charge in [-0.3, -0.25) is 14.9 Å². The Morgan fingerprint density at radius 1 is 1.23 bits per heavy atom. The maximum atomic E-state index is 11.7. The Kier molecular flexibility index (Phi) is 5.21. The van der Waals surface area contributed by atoms with E-state index in [1.54, 1.807) is 36.4 Å². The Balaban J connectivity index is 1.91. The van der Waals surface area contributed by atoms with Gasteiger partial charge in [-0.2, -0.15) is 0 Å². The molecule has 0 aliphatic heterocycles. The number of ketones is 1. The van der Waals surface area contributed by atoms with E-state index < -0.39 is 0 Å². The smallest absolute Gasteiger partial charge is 0.250 e. The van der Waals surface area contributed by atoms with Gasteiger partial charge in [0.25, 0.3) is 0 Å². The zero-order valence-corrected chi connectivity index (χ0v) is 12.6. The van der Waals surface area contributed by atoms with Crippen LogP contribution >= 0.6 is 12.2 Å². The van der Waals surface area contributed by atoms with Crippen molar-refractivity contribution in [1.29, 1.82) is 0 Å².